The SMILES string of the molecule is CC(=C\CC(C)(C)O)/C=C(\C)C(=O)O. The summed E-state index contributed by atoms with van der Waals surface area (Å²) in [6.45, 7) is 6.79. The van der Waals surface area contributed by atoms with Gasteiger partial charge in [-0.25, -0.2) is 4.79 Å². The van der Waals surface area contributed by atoms with Crippen LogP contribution in [-0.4, -0.2) is 21.8 Å². The summed E-state index contributed by atoms with van der Waals surface area (Å²) in [5, 5.41) is 18.0. The van der Waals surface area contributed by atoms with Gasteiger partial charge >= 0.3 is 5.97 Å². The Morgan fingerprint density at radius 1 is 1.36 bits per heavy atom. The van der Waals surface area contributed by atoms with E-state index in [1.165, 1.54) is 0 Å². The Morgan fingerprint density at radius 2 is 1.86 bits per heavy atom. The summed E-state index contributed by atoms with van der Waals surface area (Å²) in [5.74, 6) is -0.916. The minimum atomic E-state index is -0.916. The summed E-state index contributed by atoms with van der Waals surface area (Å²) in [6, 6.07) is 0. The Bertz CT molecular complexity index is 267. The number of aliphatic carboxylic acids is 1. The van der Waals surface area contributed by atoms with Crippen molar-refractivity contribution in [3.05, 3.63) is 23.3 Å². The first kappa shape index (κ1) is 12.9. The molecule has 14 heavy (non-hydrogen) atoms. The molecule has 0 atom stereocenters. The van der Waals surface area contributed by atoms with Crippen molar-refractivity contribution in [1.82, 2.24) is 0 Å². The van der Waals surface area contributed by atoms with Crippen LogP contribution in [0.25, 0.3) is 0 Å². The number of carboxylic acid groups (broad SMARTS) is 1. The van der Waals surface area contributed by atoms with E-state index >= 15 is 0 Å². The fourth-order valence-electron chi connectivity index (χ4n) is 0.873. The van der Waals surface area contributed by atoms with Gasteiger partial charge in [-0.05, 0) is 40.2 Å². The summed E-state index contributed by atoms with van der Waals surface area (Å²) >= 11 is 0. The number of carbonyl (C=O) groups is 1. The van der Waals surface area contributed by atoms with Crippen LogP contribution in [-0.2, 0) is 4.79 Å². The first-order valence-corrected chi connectivity index (χ1v) is 4.53. The van der Waals surface area contributed by atoms with E-state index in [2.05, 4.69) is 0 Å². The van der Waals surface area contributed by atoms with Gasteiger partial charge in [0.15, 0.2) is 0 Å². The highest BCUT2D eigenvalue weighted by Crippen LogP contribution is 2.11. The number of carboxylic acids is 1. The largest absolute Gasteiger partial charge is 0.478 e. The number of aliphatic hydroxyl groups is 1. The van der Waals surface area contributed by atoms with Crippen LogP contribution in [0.1, 0.15) is 34.1 Å². The van der Waals surface area contributed by atoms with Crippen LogP contribution in [0.4, 0.5) is 0 Å². The lowest BCUT2D eigenvalue weighted by atomic mass is 10.0. The van der Waals surface area contributed by atoms with Crippen LogP contribution in [0.15, 0.2) is 23.3 Å². The molecule has 0 saturated heterocycles. The van der Waals surface area contributed by atoms with Crippen LogP contribution in [0, 0.1) is 0 Å². The van der Waals surface area contributed by atoms with Crippen LogP contribution in [0.2, 0.25) is 0 Å². The second-order valence-electron chi connectivity index (χ2n) is 4.10. The van der Waals surface area contributed by atoms with Crippen LogP contribution < -0.4 is 0 Å². The first-order chi connectivity index (χ1) is 6.22. The van der Waals surface area contributed by atoms with Gasteiger partial charge in [-0.1, -0.05) is 11.6 Å². The van der Waals surface area contributed by atoms with E-state index < -0.39 is 11.6 Å². The van der Waals surface area contributed by atoms with Gasteiger partial charge in [-0.2, -0.15) is 0 Å². The van der Waals surface area contributed by atoms with E-state index in [4.69, 9.17) is 5.11 Å². The molecule has 80 valence electrons. The van der Waals surface area contributed by atoms with Gasteiger partial charge in [0, 0.05) is 5.57 Å². The molecule has 3 nitrogen and oxygen atoms in total. The second kappa shape index (κ2) is 4.96. The average Bonchev–Trinajstić information content (AvgIpc) is 1.99. The van der Waals surface area contributed by atoms with Crippen molar-refractivity contribution in [3.8, 4) is 0 Å². The molecule has 0 unspecified atom stereocenters. The van der Waals surface area contributed by atoms with Gasteiger partial charge in [0.1, 0.15) is 0 Å². The Hall–Kier alpha value is -1.09. The molecule has 0 aromatic carbocycles. The quantitative estimate of drug-likeness (QED) is 0.537. The van der Waals surface area contributed by atoms with Crippen molar-refractivity contribution >= 4 is 5.97 Å². The van der Waals surface area contributed by atoms with E-state index in [0.717, 1.165) is 5.57 Å². The van der Waals surface area contributed by atoms with E-state index in [-0.39, 0.29) is 0 Å². The molecule has 0 spiro atoms. The van der Waals surface area contributed by atoms with Gasteiger partial charge < -0.3 is 10.2 Å². The zero-order valence-corrected chi connectivity index (χ0v) is 9.16. The monoisotopic (exact) mass is 198 g/mol. The Kier molecular flexibility index (Phi) is 4.57. The van der Waals surface area contributed by atoms with Crippen molar-refractivity contribution in [2.24, 2.45) is 0 Å². The normalized spacial score (nSPS) is 14.4. The van der Waals surface area contributed by atoms with E-state index in [1.54, 1.807) is 26.8 Å². The van der Waals surface area contributed by atoms with Gasteiger partial charge in [-0.3, -0.25) is 0 Å². The summed E-state index contributed by atoms with van der Waals surface area (Å²) in [5.41, 5.74) is 0.410. The Morgan fingerprint density at radius 3 is 2.21 bits per heavy atom. The third kappa shape index (κ3) is 6.43. The maximum absolute atomic E-state index is 10.5. The van der Waals surface area contributed by atoms with E-state index in [0.29, 0.717) is 12.0 Å². The molecule has 2 N–H and O–H groups in total. The molecule has 0 rings (SSSR count). The van der Waals surface area contributed by atoms with Crippen molar-refractivity contribution < 1.29 is 15.0 Å². The highest BCUT2D eigenvalue weighted by molar-refractivity contribution is 5.86. The standard InChI is InChI=1S/C11H18O3/c1-8(5-6-11(3,4)14)7-9(2)10(12)13/h5,7,14H,6H2,1-4H3,(H,12,13)/b8-5+,9-7+. The maximum atomic E-state index is 10.5. The number of hydrogen-bond donors (Lipinski definition) is 2. The molecule has 0 aromatic rings. The molecular weight excluding hydrogens is 180 g/mol. The molecule has 0 bridgehead atoms. The zero-order valence-electron chi connectivity index (χ0n) is 9.16. The molecule has 3 heteroatoms. The fraction of sp³-hybridized carbons (Fsp3) is 0.545. The van der Waals surface area contributed by atoms with Crippen molar-refractivity contribution in [2.75, 3.05) is 0 Å². The summed E-state index contributed by atoms with van der Waals surface area (Å²) in [6.07, 6.45) is 3.93. The highest BCUT2D eigenvalue weighted by atomic mass is 16.4. The zero-order chi connectivity index (χ0) is 11.4. The summed E-state index contributed by atoms with van der Waals surface area (Å²) < 4.78 is 0. The molecular formula is C11H18O3. The Labute approximate surface area is 84.8 Å². The van der Waals surface area contributed by atoms with Crippen LogP contribution in [0.5, 0.6) is 0 Å². The van der Waals surface area contributed by atoms with Gasteiger partial charge in [0.2, 0.25) is 0 Å². The van der Waals surface area contributed by atoms with E-state index in [1.807, 2.05) is 13.0 Å². The minimum absolute atomic E-state index is 0.300. The van der Waals surface area contributed by atoms with Crippen LogP contribution in [0.3, 0.4) is 0 Å². The van der Waals surface area contributed by atoms with Gasteiger partial charge in [0.25, 0.3) is 0 Å². The number of rotatable bonds is 4. The maximum Gasteiger partial charge on any atom is 0.331 e. The Balaban J connectivity index is 4.42. The smallest absolute Gasteiger partial charge is 0.331 e. The lowest BCUT2D eigenvalue weighted by Crippen LogP contribution is -2.16. The predicted octanol–water partition coefficient (Wildman–Crippen LogP) is 2.12. The molecule has 0 heterocycles. The molecule has 0 amide bonds. The molecule has 0 aliphatic rings. The summed E-state index contributed by atoms with van der Waals surface area (Å²) in [4.78, 5) is 10.5. The lowest BCUT2D eigenvalue weighted by Gasteiger charge is -2.13. The second-order valence-corrected chi connectivity index (χ2v) is 4.10. The van der Waals surface area contributed by atoms with Gasteiger partial charge in [0.05, 0.1) is 5.60 Å². The molecule has 0 aromatic heterocycles. The fourth-order valence-corrected chi connectivity index (χ4v) is 0.873. The lowest BCUT2D eigenvalue weighted by molar-refractivity contribution is -0.132. The number of hydrogen-bond acceptors (Lipinski definition) is 2. The topological polar surface area (TPSA) is 57.5 Å². The molecule has 0 radical (unpaired) electrons. The average molecular weight is 198 g/mol. The molecule has 0 aliphatic heterocycles. The van der Waals surface area contributed by atoms with Crippen molar-refractivity contribution in [2.45, 2.75) is 39.7 Å². The van der Waals surface area contributed by atoms with Gasteiger partial charge in [-0.15, -0.1) is 0 Å². The minimum Gasteiger partial charge on any atom is -0.478 e. The predicted molar refractivity (Wildman–Crippen MR) is 56.1 cm³/mol. The molecule has 0 saturated carbocycles. The highest BCUT2D eigenvalue weighted by Gasteiger charge is 2.09. The van der Waals surface area contributed by atoms with Crippen molar-refractivity contribution in [1.29, 1.82) is 0 Å². The number of allylic oxidation sites excluding steroid dienone is 2. The van der Waals surface area contributed by atoms with Crippen molar-refractivity contribution in [3.63, 3.8) is 0 Å². The van der Waals surface area contributed by atoms with E-state index in [9.17, 15) is 9.90 Å². The molecule has 0 aliphatic carbocycles. The third-order valence-corrected chi connectivity index (χ3v) is 1.71. The molecule has 0 fully saturated rings. The van der Waals surface area contributed by atoms with Crippen LogP contribution >= 0.6 is 0 Å². The third-order valence-electron chi connectivity index (χ3n) is 1.71. The first-order valence-electron chi connectivity index (χ1n) is 4.53. The summed E-state index contributed by atoms with van der Waals surface area (Å²) in [7, 11) is 0.